The highest BCUT2D eigenvalue weighted by Crippen LogP contribution is 2.25. The number of anilines is 1. The second kappa shape index (κ2) is 5.42. The molecule has 0 aliphatic heterocycles. The van der Waals surface area contributed by atoms with Gasteiger partial charge in [0.1, 0.15) is 0 Å². The van der Waals surface area contributed by atoms with E-state index in [2.05, 4.69) is 4.98 Å². The van der Waals surface area contributed by atoms with Crippen molar-refractivity contribution in [2.75, 3.05) is 18.2 Å². The Hall–Kier alpha value is -2.21. The highest BCUT2D eigenvalue weighted by Gasteiger charge is 2.20. The van der Waals surface area contributed by atoms with Crippen molar-refractivity contribution in [3.05, 3.63) is 54.4 Å². The molecule has 2 aromatic rings. The van der Waals surface area contributed by atoms with Gasteiger partial charge in [-0.2, -0.15) is 0 Å². The van der Waals surface area contributed by atoms with Crippen LogP contribution < -0.4 is 4.90 Å². The summed E-state index contributed by atoms with van der Waals surface area (Å²) in [7, 11) is -1.85. The molecule has 6 heteroatoms. The van der Waals surface area contributed by atoms with Gasteiger partial charge in [0.2, 0.25) is 0 Å². The van der Waals surface area contributed by atoms with Gasteiger partial charge in [0.15, 0.2) is 9.84 Å². The van der Waals surface area contributed by atoms with Gasteiger partial charge in [-0.05, 0) is 24.3 Å². The zero-order chi connectivity index (χ0) is 14.8. The molecule has 0 fully saturated rings. The molecule has 104 valence electrons. The molecular formula is C14H14N2O3S. The highest BCUT2D eigenvalue weighted by atomic mass is 32.2. The molecule has 0 spiro atoms. The summed E-state index contributed by atoms with van der Waals surface area (Å²) < 4.78 is 23.5. The number of amides is 1. The predicted molar refractivity (Wildman–Crippen MR) is 76.5 cm³/mol. The van der Waals surface area contributed by atoms with Gasteiger partial charge >= 0.3 is 0 Å². The van der Waals surface area contributed by atoms with Crippen molar-refractivity contribution < 1.29 is 13.2 Å². The Morgan fingerprint density at radius 2 is 1.70 bits per heavy atom. The Labute approximate surface area is 117 Å². The standard InChI is InChI=1S/C14H14N2O3S/c1-16(14(17)11-7-9-15-10-8-11)12-5-3-4-6-13(12)20(2,18)19/h3-10H,1-2H3. The van der Waals surface area contributed by atoms with E-state index in [0.717, 1.165) is 6.26 Å². The number of para-hydroxylation sites is 1. The van der Waals surface area contributed by atoms with E-state index in [1.54, 1.807) is 37.4 Å². The van der Waals surface area contributed by atoms with Crippen LogP contribution in [0, 0.1) is 0 Å². The van der Waals surface area contributed by atoms with Crippen LogP contribution in [0.15, 0.2) is 53.7 Å². The molecule has 0 aliphatic carbocycles. The third-order valence-electron chi connectivity index (χ3n) is 2.86. The maximum Gasteiger partial charge on any atom is 0.258 e. The van der Waals surface area contributed by atoms with E-state index in [1.165, 1.54) is 23.4 Å². The summed E-state index contributed by atoms with van der Waals surface area (Å²) in [5, 5.41) is 0. The fourth-order valence-electron chi connectivity index (χ4n) is 1.85. The maximum atomic E-state index is 12.3. The Morgan fingerprint density at radius 3 is 2.30 bits per heavy atom. The zero-order valence-electron chi connectivity index (χ0n) is 11.1. The van der Waals surface area contributed by atoms with Crippen molar-refractivity contribution >= 4 is 21.4 Å². The molecule has 0 unspecified atom stereocenters. The number of pyridine rings is 1. The summed E-state index contributed by atoms with van der Waals surface area (Å²) >= 11 is 0. The molecule has 1 heterocycles. The average molecular weight is 290 g/mol. The van der Waals surface area contributed by atoms with Crippen molar-refractivity contribution in [2.45, 2.75) is 4.90 Å². The predicted octanol–water partition coefficient (Wildman–Crippen LogP) is 1.76. The first-order valence-electron chi connectivity index (χ1n) is 5.88. The number of aromatic nitrogens is 1. The van der Waals surface area contributed by atoms with Gasteiger partial charge < -0.3 is 4.90 Å². The summed E-state index contributed by atoms with van der Waals surface area (Å²) in [5.74, 6) is -0.288. The minimum Gasteiger partial charge on any atom is -0.310 e. The molecule has 0 bridgehead atoms. The summed E-state index contributed by atoms with van der Waals surface area (Å²) in [6, 6.07) is 9.59. The van der Waals surface area contributed by atoms with Crippen LogP contribution in [0.4, 0.5) is 5.69 Å². The van der Waals surface area contributed by atoms with Crippen LogP contribution in [0.1, 0.15) is 10.4 Å². The van der Waals surface area contributed by atoms with Crippen LogP contribution in [0.5, 0.6) is 0 Å². The number of carbonyl (C=O) groups is 1. The average Bonchev–Trinajstić information content (AvgIpc) is 2.46. The van der Waals surface area contributed by atoms with Gasteiger partial charge in [0.05, 0.1) is 10.6 Å². The normalized spacial score (nSPS) is 11.1. The van der Waals surface area contributed by atoms with Crippen molar-refractivity contribution in [2.24, 2.45) is 0 Å². The van der Waals surface area contributed by atoms with Crippen LogP contribution in [0.3, 0.4) is 0 Å². The van der Waals surface area contributed by atoms with Crippen molar-refractivity contribution in [3.8, 4) is 0 Å². The summed E-state index contributed by atoms with van der Waals surface area (Å²) in [4.78, 5) is 17.6. The Kier molecular flexibility index (Phi) is 3.85. The summed E-state index contributed by atoms with van der Waals surface area (Å²) in [6.07, 6.45) is 4.16. The van der Waals surface area contributed by atoms with E-state index >= 15 is 0 Å². The van der Waals surface area contributed by atoms with Crippen LogP contribution in [0.25, 0.3) is 0 Å². The molecule has 1 amide bonds. The number of rotatable bonds is 3. The molecule has 2 rings (SSSR count). The first-order chi connectivity index (χ1) is 9.41. The lowest BCUT2D eigenvalue weighted by atomic mass is 10.2. The molecule has 0 radical (unpaired) electrons. The summed E-state index contributed by atoms with van der Waals surface area (Å²) in [6.45, 7) is 0. The molecule has 0 saturated carbocycles. The van der Waals surface area contributed by atoms with E-state index in [1.807, 2.05) is 0 Å². The fraction of sp³-hybridized carbons (Fsp3) is 0.143. The molecule has 5 nitrogen and oxygen atoms in total. The van der Waals surface area contributed by atoms with Crippen LogP contribution in [-0.2, 0) is 9.84 Å². The van der Waals surface area contributed by atoms with E-state index in [9.17, 15) is 13.2 Å². The van der Waals surface area contributed by atoms with Crippen LogP contribution >= 0.6 is 0 Å². The lowest BCUT2D eigenvalue weighted by Crippen LogP contribution is -2.27. The Balaban J connectivity index is 2.45. The molecular weight excluding hydrogens is 276 g/mol. The fourth-order valence-corrected chi connectivity index (χ4v) is 2.76. The smallest absolute Gasteiger partial charge is 0.258 e. The largest absolute Gasteiger partial charge is 0.310 e. The lowest BCUT2D eigenvalue weighted by Gasteiger charge is -2.20. The van der Waals surface area contributed by atoms with E-state index in [4.69, 9.17) is 0 Å². The topological polar surface area (TPSA) is 67.3 Å². The number of benzene rings is 1. The van der Waals surface area contributed by atoms with Gasteiger partial charge in [-0.3, -0.25) is 9.78 Å². The molecule has 20 heavy (non-hydrogen) atoms. The van der Waals surface area contributed by atoms with Crippen molar-refractivity contribution in [3.63, 3.8) is 0 Å². The van der Waals surface area contributed by atoms with E-state index < -0.39 is 9.84 Å². The number of nitrogens with zero attached hydrogens (tertiary/aromatic N) is 2. The molecule has 1 aromatic carbocycles. The quantitative estimate of drug-likeness (QED) is 0.864. The van der Waals surface area contributed by atoms with Gasteiger partial charge in [-0.1, -0.05) is 12.1 Å². The van der Waals surface area contributed by atoms with E-state index in [0.29, 0.717) is 11.3 Å². The van der Waals surface area contributed by atoms with Gasteiger partial charge in [0, 0.05) is 31.3 Å². The van der Waals surface area contributed by atoms with Gasteiger partial charge in [-0.15, -0.1) is 0 Å². The SMILES string of the molecule is CN(C(=O)c1ccncc1)c1ccccc1S(C)(=O)=O. The number of hydrogen-bond acceptors (Lipinski definition) is 4. The first-order valence-corrected chi connectivity index (χ1v) is 7.77. The first kappa shape index (κ1) is 14.2. The molecule has 0 saturated heterocycles. The van der Waals surface area contributed by atoms with Gasteiger partial charge in [0.25, 0.3) is 5.91 Å². The Morgan fingerprint density at radius 1 is 1.10 bits per heavy atom. The number of sulfone groups is 1. The number of carbonyl (C=O) groups excluding carboxylic acids is 1. The minimum absolute atomic E-state index is 0.130. The molecule has 1 aromatic heterocycles. The van der Waals surface area contributed by atoms with Crippen molar-refractivity contribution in [1.82, 2.24) is 4.98 Å². The molecule has 0 aliphatic rings. The lowest BCUT2D eigenvalue weighted by molar-refractivity contribution is 0.0992. The number of hydrogen-bond donors (Lipinski definition) is 0. The third kappa shape index (κ3) is 2.85. The minimum atomic E-state index is -3.40. The summed E-state index contributed by atoms with van der Waals surface area (Å²) in [5.41, 5.74) is 0.808. The van der Waals surface area contributed by atoms with Gasteiger partial charge in [-0.25, -0.2) is 8.42 Å². The second-order valence-electron chi connectivity index (χ2n) is 4.34. The van der Waals surface area contributed by atoms with Crippen LogP contribution in [0.2, 0.25) is 0 Å². The monoisotopic (exact) mass is 290 g/mol. The Bertz CT molecular complexity index is 727. The molecule has 0 N–H and O–H groups in total. The molecule has 0 atom stereocenters. The van der Waals surface area contributed by atoms with Crippen molar-refractivity contribution in [1.29, 1.82) is 0 Å². The van der Waals surface area contributed by atoms with E-state index in [-0.39, 0.29) is 10.8 Å². The third-order valence-corrected chi connectivity index (χ3v) is 4.00. The van der Waals surface area contributed by atoms with Crippen LogP contribution in [-0.4, -0.2) is 32.6 Å². The second-order valence-corrected chi connectivity index (χ2v) is 6.32. The maximum absolute atomic E-state index is 12.3. The highest BCUT2D eigenvalue weighted by molar-refractivity contribution is 7.90. The zero-order valence-corrected chi connectivity index (χ0v) is 12.0.